The fourth-order valence-electron chi connectivity index (χ4n) is 11.3. The van der Waals surface area contributed by atoms with Gasteiger partial charge in [0.05, 0.1) is 18.9 Å². The van der Waals surface area contributed by atoms with Crippen molar-refractivity contribution in [3.05, 3.63) is 65.7 Å². The van der Waals surface area contributed by atoms with E-state index in [2.05, 4.69) is 58.2 Å². The van der Waals surface area contributed by atoms with E-state index in [9.17, 15) is 92.3 Å². The molecule has 0 aliphatic carbocycles. The van der Waals surface area contributed by atoms with Crippen LogP contribution in [0.25, 0.3) is 0 Å². The highest BCUT2D eigenvalue weighted by atomic mass is 16.4. The monoisotopic (exact) mass is 1480 g/mol. The van der Waals surface area contributed by atoms with E-state index in [-0.39, 0.29) is 120 Å². The van der Waals surface area contributed by atoms with Gasteiger partial charge in [0.1, 0.15) is 72.2 Å². The molecule has 1 heterocycles. The molecule has 0 saturated carbocycles. The van der Waals surface area contributed by atoms with Crippen LogP contribution in [0.4, 0.5) is 0 Å². The number of likely N-dealkylation sites (tertiary alicyclic amines) is 1. The minimum absolute atomic E-state index is 0.00127. The fourth-order valence-corrected chi connectivity index (χ4v) is 11.3. The lowest BCUT2D eigenvalue weighted by Gasteiger charge is -2.33. The number of nitrogens with two attached hydrogens (primary N) is 5. The Bertz CT molecular complexity index is 3340. The molecule has 3 rings (SSSR count). The predicted molar refractivity (Wildman–Crippen MR) is 381 cm³/mol. The summed E-state index contributed by atoms with van der Waals surface area (Å²) in [5.74, 6) is -17.0. The second kappa shape index (κ2) is 44.9. The first-order valence-corrected chi connectivity index (χ1v) is 35.1. The first-order valence-electron chi connectivity index (χ1n) is 35.1. The topological polar surface area (TPSA) is 603 Å². The number of carbonyl (C=O) groups is 15. The van der Waals surface area contributed by atoms with Gasteiger partial charge in [-0.2, -0.15) is 0 Å². The van der Waals surface area contributed by atoms with E-state index in [1.54, 1.807) is 71.9 Å². The molecule has 105 heavy (non-hydrogen) atoms. The maximum Gasteiger partial charge on any atom is 0.326 e. The molecule has 0 unspecified atom stereocenters. The molecule has 0 bridgehead atoms. The number of rotatable bonds is 47. The Labute approximate surface area is 609 Å². The zero-order chi connectivity index (χ0) is 78.8. The number of hydrogen-bond acceptors (Lipinski definition) is 19. The van der Waals surface area contributed by atoms with Gasteiger partial charge in [-0.25, -0.2) is 4.79 Å². The third-order valence-corrected chi connectivity index (χ3v) is 17.2. The van der Waals surface area contributed by atoms with Crippen molar-refractivity contribution in [2.45, 2.75) is 224 Å². The Morgan fingerprint density at radius 3 is 1.47 bits per heavy atom. The SMILES string of the molecule is CC[C@H](C)[C@H](NC(=O)[C@H](CC(=O)O)NC(=O)[C@H](CC(C)C)NC(=O)[C@H](Cc1ccc(O)cc1)NC(=O)[C@@H](N)CC(=O)O)C(=O)N1CCC[C@H]1C(=O)N[C@@H](C)C(=O)N[C@@H](Cc1ccccc1)C(=O)N[C@@H](CC(C)C)C(=O)N[C@@H](CCCN=C(N)N)C(=O)N[C@@H](CCCCN)C(=O)N[C@@H](CCC(N)=O)C(=O)O. The summed E-state index contributed by atoms with van der Waals surface area (Å²) in [6.45, 7) is 11.8. The molecular formula is C69H107N17O19. The molecule has 36 nitrogen and oxygen atoms in total. The molecule has 2 aromatic carbocycles. The third-order valence-electron chi connectivity index (χ3n) is 17.2. The smallest absolute Gasteiger partial charge is 0.326 e. The number of aromatic hydroxyl groups is 1. The zero-order valence-corrected chi connectivity index (χ0v) is 60.5. The van der Waals surface area contributed by atoms with Crippen molar-refractivity contribution in [3.8, 4) is 5.75 Å². The number of aliphatic imine (C=N–C) groups is 1. The molecule has 13 atom stereocenters. The summed E-state index contributed by atoms with van der Waals surface area (Å²) in [6, 6.07) is -3.66. The van der Waals surface area contributed by atoms with Crippen LogP contribution >= 0.6 is 0 Å². The first-order chi connectivity index (χ1) is 49.4. The van der Waals surface area contributed by atoms with Gasteiger partial charge in [0.15, 0.2) is 5.96 Å². The molecule has 2 aromatic rings. The summed E-state index contributed by atoms with van der Waals surface area (Å²) in [4.78, 5) is 209. The molecule has 12 amide bonds. The number of benzene rings is 2. The van der Waals surface area contributed by atoms with E-state index in [0.717, 1.165) is 0 Å². The minimum Gasteiger partial charge on any atom is -0.508 e. The molecule has 1 aliphatic heterocycles. The highest BCUT2D eigenvalue weighted by Gasteiger charge is 2.42. The van der Waals surface area contributed by atoms with Crippen LogP contribution in [-0.2, 0) is 84.8 Å². The summed E-state index contributed by atoms with van der Waals surface area (Å²) in [5, 5.41) is 64.5. The summed E-state index contributed by atoms with van der Waals surface area (Å²) >= 11 is 0. The second-order valence-electron chi connectivity index (χ2n) is 27.0. The van der Waals surface area contributed by atoms with Crippen LogP contribution in [0.3, 0.4) is 0 Å². The zero-order valence-electron chi connectivity index (χ0n) is 60.5. The number of nitrogens with one attached hydrogen (secondary N) is 10. The van der Waals surface area contributed by atoms with E-state index >= 15 is 0 Å². The number of carboxylic acid groups (broad SMARTS) is 3. The van der Waals surface area contributed by atoms with Gasteiger partial charge in [0.2, 0.25) is 70.9 Å². The Morgan fingerprint density at radius 2 is 0.981 bits per heavy atom. The van der Waals surface area contributed by atoms with Gasteiger partial charge in [-0.3, -0.25) is 72.1 Å². The molecule has 0 radical (unpaired) electrons. The Balaban J connectivity index is 1.90. The average molecular weight is 1480 g/mol. The predicted octanol–water partition coefficient (Wildman–Crippen LogP) is -3.02. The number of primary amides is 1. The normalized spacial score (nSPS) is 16.0. The summed E-state index contributed by atoms with van der Waals surface area (Å²) in [7, 11) is 0. The summed E-state index contributed by atoms with van der Waals surface area (Å²) in [6.07, 6.45) is -1.76. The maximum absolute atomic E-state index is 14.8. The minimum atomic E-state index is -1.87. The Hall–Kier alpha value is -10.5. The number of carbonyl (C=O) groups excluding carboxylic acids is 12. The molecule has 1 saturated heterocycles. The van der Waals surface area contributed by atoms with E-state index in [0.29, 0.717) is 24.0 Å². The number of hydrogen-bond donors (Lipinski definition) is 19. The standard InChI is InChI=1S/C69H107N17O19/c1-8-38(6)56(85-65(101)51(35-55(91)92)84-62(98)48(31-37(4)5)83-64(100)50(33-41-21-23-42(87)24-22-41)81-58(94)43(71)34-54(89)90)67(103)86-29-15-20-52(86)66(102)76-39(7)57(93)80-49(32-40-16-10-9-11-17-40)63(99)82-47(30-36(2)3)61(97)78-45(19-14-28-75-69(73)74)59(95)77-44(18-12-13-27-70)60(96)79-46(68(104)105)25-26-53(72)88/h9-11,16-17,21-24,36-39,43-52,56,87H,8,12-15,18-20,25-35,70-71H2,1-7H3,(H2,72,88)(H,76,102)(H,77,95)(H,78,97)(H,79,96)(H,80,93)(H,81,94)(H,82,99)(H,83,100)(H,84,98)(H,85,101)(H,89,90)(H,91,92)(H,104,105)(H4,73,74,75)/t38-,39-,43-,44-,45-,46-,47-,48-,49-,50-,51-,52-,56-/m0/s1. The van der Waals surface area contributed by atoms with Crippen LogP contribution in [-0.4, -0.2) is 212 Å². The quantitative estimate of drug-likeness (QED) is 0.0178. The Morgan fingerprint density at radius 1 is 0.524 bits per heavy atom. The van der Waals surface area contributed by atoms with Crippen LogP contribution in [0.5, 0.6) is 5.75 Å². The lowest BCUT2D eigenvalue weighted by atomic mass is 9.96. The molecule has 1 aliphatic rings. The first kappa shape index (κ1) is 88.7. The van der Waals surface area contributed by atoms with Gasteiger partial charge in [0.25, 0.3) is 0 Å². The fraction of sp³-hybridized carbons (Fsp3) is 0.594. The van der Waals surface area contributed by atoms with Crippen molar-refractivity contribution >= 4 is 94.8 Å². The lowest BCUT2D eigenvalue weighted by Crippen LogP contribution is -2.61. The van der Waals surface area contributed by atoms with Gasteiger partial charge in [0, 0.05) is 32.4 Å². The van der Waals surface area contributed by atoms with Crippen molar-refractivity contribution in [2.75, 3.05) is 19.6 Å². The summed E-state index contributed by atoms with van der Waals surface area (Å²) < 4.78 is 0. The van der Waals surface area contributed by atoms with Gasteiger partial charge in [-0.15, -0.1) is 0 Å². The van der Waals surface area contributed by atoms with Gasteiger partial charge >= 0.3 is 17.9 Å². The molecule has 1 fully saturated rings. The van der Waals surface area contributed by atoms with Crippen LogP contribution in [0.15, 0.2) is 59.6 Å². The number of phenolic OH excluding ortho intramolecular Hbond substituents is 1. The average Bonchev–Trinajstić information content (AvgIpc) is 1.74. The number of amides is 12. The Kier molecular flexibility index (Phi) is 37.9. The van der Waals surface area contributed by atoms with Gasteiger partial charge in [-0.05, 0) is 119 Å². The van der Waals surface area contributed by atoms with E-state index in [1.807, 2.05) is 0 Å². The highest BCUT2D eigenvalue weighted by molar-refractivity contribution is 6.00. The third kappa shape index (κ3) is 31.9. The van der Waals surface area contributed by atoms with Crippen molar-refractivity contribution in [3.63, 3.8) is 0 Å². The van der Waals surface area contributed by atoms with Gasteiger partial charge in [-0.1, -0.05) is 90.4 Å². The van der Waals surface area contributed by atoms with Crippen molar-refractivity contribution < 1.29 is 92.3 Å². The largest absolute Gasteiger partial charge is 0.508 e. The van der Waals surface area contributed by atoms with E-state index in [4.69, 9.17) is 28.7 Å². The maximum atomic E-state index is 14.8. The molecule has 36 heteroatoms. The number of carboxylic acids is 3. The van der Waals surface area contributed by atoms with E-state index in [1.165, 1.54) is 36.1 Å². The van der Waals surface area contributed by atoms with Gasteiger partial charge < -0.3 is 107 Å². The molecule has 582 valence electrons. The summed E-state index contributed by atoms with van der Waals surface area (Å²) in [5.41, 5.74) is 28.8. The second-order valence-corrected chi connectivity index (χ2v) is 27.0. The van der Waals surface area contributed by atoms with E-state index < -0.39 is 180 Å². The lowest BCUT2D eigenvalue weighted by molar-refractivity contribution is -0.144. The van der Waals surface area contributed by atoms with Crippen molar-refractivity contribution in [2.24, 2.45) is 51.4 Å². The van der Waals surface area contributed by atoms with Crippen LogP contribution in [0, 0.1) is 17.8 Å². The number of guanidine groups is 1. The molecular weight excluding hydrogens is 1370 g/mol. The number of nitrogens with zero attached hydrogens (tertiary/aromatic N) is 2. The highest BCUT2D eigenvalue weighted by Crippen LogP contribution is 2.23. The molecule has 0 spiro atoms. The van der Waals surface area contributed by atoms with Crippen molar-refractivity contribution in [1.82, 2.24) is 58.1 Å². The number of phenols is 1. The molecule has 24 N–H and O–H groups in total. The number of unbranched alkanes of at least 4 members (excludes halogenated alkanes) is 1. The van der Waals surface area contributed by atoms with Crippen LogP contribution < -0.4 is 81.8 Å². The number of aliphatic carboxylic acids is 3. The van der Waals surface area contributed by atoms with Crippen molar-refractivity contribution in [1.29, 1.82) is 0 Å². The van der Waals surface area contributed by atoms with Crippen LogP contribution in [0.1, 0.15) is 149 Å². The molecule has 0 aromatic heterocycles. The van der Waals surface area contributed by atoms with Crippen LogP contribution in [0.2, 0.25) is 0 Å².